The molecule has 9 heteroatoms. The fraction of sp³-hybridized carbons (Fsp3) is 0.217. The number of rotatable bonds is 7. The molecule has 2 heterocycles. The van der Waals surface area contributed by atoms with Crippen molar-refractivity contribution in [2.45, 2.75) is 19.6 Å². The summed E-state index contributed by atoms with van der Waals surface area (Å²) >= 11 is 0. The van der Waals surface area contributed by atoms with E-state index in [4.69, 9.17) is 14.2 Å². The second kappa shape index (κ2) is 8.54. The topological polar surface area (TPSA) is 111 Å². The molecule has 164 valence electrons. The van der Waals surface area contributed by atoms with E-state index < -0.39 is 29.8 Å². The van der Waals surface area contributed by atoms with E-state index in [0.29, 0.717) is 11.5 Å². The number of ether oxygens (including phenoxy) is 3. The van der Waals surface area contributed by atoms with Gasteiger partial charge in [-0.2, -0.15) is 0 Å². The first-order valence-corrected chi connectivity index (χ1v) is 9.87. The van der Waals surface area contributed by atoms with Crippen molar-refractivity contribution in [3.8, 4) is 11.5 Å². The Morgan fingerprint density at radius 3 is 2.66 bits per heavy atom. The lowest BCUT2D eigenvalue weighted by Gasteiger charge is -2.14. The minimum atomic E-state index is -1.07. The number of hydrogen-bond donors (Lipinski definition) is 1. The van der Waals surface area contributed by atoms with Crippen LogP contribution in [0.15, 0.2) is 49.1 Å². The van der Waals surface area contributed by atoms with Crippen LogP contribution in [0, 0.1) is 0 Å². The molecule has 4 rings (SSSR count). The number of carbonyl (C=O) groups excluding carboxylic acids is 4. The summed E-state index contributed by atoms with van der Waals surface area (Å²) in [5, 5.41) is 2.69. The predicted molar refractivity (Wildman–Crippen MR) is 111 cm³/mol. The Morgan fingerprint density at radius 2 is 1.88 bits per heavy atom. The molecule has 1 unspecified atom stereocenters. The maximum Gasteiger partial charge on any atom is 0.338 e. The minimum absolute atomic E-state index is 0.0702. The molecule has 2 aromatic rings. The van der Waals surface area contributed by atoms with Gasteiger partial charge in [-0.1, -0.05) is 12.1 Å². The van der Waals surface area contributed by atoms with Gasteiger partial charge in [0.15, 0.2) is 17.6 Å². The highest BCUT2D eigenvalue weighted by Crippen LogP contribution is 2.32. The molecule has 2 aromatic carbocycles. The highest BCUT2D eigenvalue weighted by molar-refractivity contribution is 6.22. The van der Waals surface area contributed by atoms with Crippen LogP contribution in [0.25, 0.3) is 0 Å². The number of nitrogens with zero attached hydrogens (tertiary/aromatic N) is 1. The van der Waals surface area contributed by atoms with Crippen LogP contribution in [0.5, 0.6) is 11.5 Å². The summed E-state index contributed by atoms with van der Waals surface area (Å²) < 4.78 is 15.8. The number of imide groups is 1. The Kier molecular flexibility index (Phi) is 5.63. The fourth-order valence-electron chi connectivity index (χ4n) is 3.38. The third-order valence-corrected chi connectivity index (χ3v) is 5.07. The summed E-state index contributed by atoms with van der Waals surface area (Å²) in [4.78, 5) is 50.6. The third-order valence-electron chi connectivity index (χ3n) is 5.07. The van der Waals surface area contributed by atoms with Gasteiger partial charge in [0.1, 0.15) is 0 Å². The molecule has 1 N–H and O–H groups in total. The average molecular weight is 436 g/mol. The van der Waals surface area contributed by atoms with Crippen LogP contribution in [0.2, 0.25) is 0 Å². The molecule has 0 saturated heterocycles. The van der Waals surface area contributed by atoms with Crippen molar-refractivity contribution in [1.82, 2.24) is 10.2 Å². The molecular weight excluding hydrogens is 416 g/mol. The zero-order valence-electron chi connectivity index (χ0n) is 17.3. The van der Waals surface area contributed by atoms with E-state index in [2.05, 4.69) is 11.9 Å². The molecule has 0 fully saturated rings. The number of hydrogen-bond acceptors (Lipinski definition) is 7. The lowest BCUT2D eigenvalue weighted by atomic mass is 10.1. The number of esters is 1. The van der Waals surface area contributed by atoms with Crippen LogP contribution in [-0.4, -0.2) is 48.0 Å². The zero-order chi connectivity index (χ0) is 22.8. The molecule has 0 aliphatic carbocycles. The number of amides is 3. The largest absolute Gasteiger partial charge is 0.454 e. The van der Waals surface area contributed by atoms with Gasteiger partial charge in [-0.25, -0.2) is 4.79 Å². The fourth-order valence-corrected chi connectivity index (χ4v) is 3.38. The lowest BCUT2D eigenvalue weighted by Crippen LogP contribution is -2.35. The summed E-state index contributed by atoms with van der Waals surface area (Å²) in [5.74, 6) is -0.964. The van der Waals surface area contributed by atoms with Crippen LogP contribution in [0.1, 0.15) is 43.6 Å². The summed E-state index contributed by atoms with van der Waals surface area (Å²) in [6.45, 7) is 5.43. The number of carbonyl (C=O) groups is 4. The standard InChI is InChI=1S/C23H20N2O7/c1-3-8-25-21(27)16-6-5-15(10-17(16)22(25)28)23(29)32-13(2)20(26)24-11-14-4-7-18-19(9-14)31-12-30-18/h3-7,9-10,13H,1,8,11-12H2,2H3,(H,24,26). The molecule has 2 aliphatic rings. The SMILES string of the molecule is C=CCN1C(=O)c2ccc(C(=O)OC(C)C(=O)NCc3ccc4c(c3)OCO4)cc2C1=O. The highest BCUT2D eigenvalue weighted by Gasteiger charge is 2.35. The molecule has 2 aliphatic heterocycles. The maximum atomic E-state index is 12.5. The molecule has 0 saturated carbocycles. The van der Waals surface area contributed by atoms with Gasteiger partial charge in [-0.05, 0) is 42.8 Å². The number of fused-ring (bicyclic) bond motifs is 2. The molecule has 3 amide bonds. The van der Waals surface area contributed by atoms with E-state index in [9.17, 15) is 19.2 Å². The van der Waals surface area contributed by atoms with Crippen molar-refractivity contribution in [2.24, 2.45) is 0 Å². The van der Waals surface area contributed by atoms with E-state index in [1.807, 2.05) is 0 Å². The second-order valence-electron chi connectivity index (χ2n) is 7.22. The summed E-state index contributed by atoms with van der Waals surface area (Å²) in [6.07, 6.45) is 0.375. The van der Waals surface area contributed by atoms with E-state index in [-0.39, 0.29) is 36.6 Å². The number of nitrogens with one attached hydrogen (secondary N) is 1. The Labute approximate surface area is 183 Å². The molecule has 0 bridgehead atoms. The van der Waals surface area contributed by atoms with E-state index in [0.717, 1.165) is 10.5 Å². The van der Waals surface area contributed by atoms with Crippen molar-refractivity contribution in [3.05, 3.63) is 71.3 Å². The van der Waals surface area contributed by atoms with Gasteiger partial charge in [-0.3, -0.25) is 19.3 Å². The van der Waals surface area contributed by atoms with Crippen LogP contribution in [0.3, 0.4) is 0 Å². The van der Waals surface area contributed by atoms with Gasteiger partial charge >= 0.3 is 5.97 Å². The van der Waals surface area contributed by atoms with E-state index >= 15 is 0 Å². The molecule has 0 spiro atoms. The Balaban J connectivity index is 1.36. The van der Waals surface area contributed by atoms with Crippen LogP contribution in [0.4, 0.5) is 0 Å². The second-order valence-corrected chi connectivity index (χ2v) is 7.22. The van der Waals surface area contributed by atoms with Crippen LogP contribution >= 0.6 is 0 Å². The zero-order valence-corrected chi connectivity index (χ0v) is 17.3. The highest BCUT2D eigenvalue weighted by atomic mass is 16.7. The van der Waals surface area contributed by atoms with Gasteiger partial charge in [0.2, 0.25) is 6.79 Å². The van der Waals surface area contributed by atoms with Gasteiger partial charge in [0, 0.05) is 13.1 Å². The Hall–Kier alpha value is -4.14. The first-order valence-electron chi connectivity index (χ1n) is 9.87. The van der Waals surface area contributed by atoms with Crippen LogP contribution in [-0.2, 0) is 16.1 Å². The van der Waals surface area contributed by atoms with Gasteiger partial charge in [0.25, 0.3) is 17.7 Å². The summed E-state index contributed by atoms with van der Waals surface area (Å²) in [5.41, 5.74) is 1.20. The van der Waals surface area contributed by atoms with Gasteiger partial charge in [-0.15, -0.1) is 6.58 Å². The van der Waals surface area contributed by atoms with Crippen molar-refractivity contribution >= 4 is 23.7 Å². The van der Waals surface area contributed by atoms with Crippen molar-refractivity contribution < 1.29 is 33.4 Å². The van der Waals surface area contributed by atoms with E-state index in [1.165, 1.54) is 31.2 Å². The first-order chi connectivity index (χ1) is 15.4. The maximum absolute atomic E-state index is 12.5. The third kappa shape index (κ3) is 3.92. The lowest BCUT2D eigenvalue weighted by molar-refractivity contribution is -0.129. The van der Waals surface area contributed by atoms with Gasteiger partial charge in [0.05, 0.1) is 16.7 Å². The molecule has 0 aromatic heterocycles. The Morgan fingerprint density at radius 1 is 1.12 bits per heavy atom. The van der Waals surface area contributed by atoms with Crippen molar-refractivity contribution in [3.63, 3.8) is 0 Å². The molecule has 9 nitrogen and oxygen atoms in total. The average Bonchev–Trinajstić information content (AvgIpc) is 3.35. The first kappa shape index (κ1) is 21.1. The minimum Gasteiger partial charge on any atom is -0.454 e. The Bertz CT molecular complexity index is 1140. The van der Waals surface area contributed by atoms with Crippen molar-refractivity contribution in [1.29, 1.82) is 0 Å². The van der Waals surface area contributed by atoms with E-state index in [1.54, 1.807) is 18.2 Å². The predicted octanol–water partition coefficient (Wildman–Crippen LogP) is 2.06. The van der Waals surface area contributed by atoms with Crippen LogP contribution < -0.4 is 14.8 Å². The molecule has 1 atom stereocenters. The smallest absolute Gasteiger partial charge is 0.338 e. The molecular formula is C23H20N2O7. The van der Waals surface area contributed by atoms with Crippen molar-refractivity contribution in [2.75, 3.05) is 13.3 Å². The summed E-state index contributed by atoms with van der Waals surface area (Å²) in [7, 11) is 0. The van der Waals surface area contributed by atoms with Gasteiger partial charge < -0.3 is 19.5 Å². The quantitative estimate of drug-likeness (QED) is 0.402. The monoisotopic (exact) mass is 436 g/mol. The molecule has 0 radical (unpaired) electrons. The molecule has 32 heavy (non-hydrogen) atoms. The summed E-state index contributed by atoms with van der Waals surface area (Å²) in [6, 6.07) is 9.41. The normalized spacial score (nSPS) is 14.7. The number of benzene rings is 2.